The molecule has 70 heavy (non-hydrogen) atoms. The van der Waals surface area contributed by atoms with Crippen molar-refractivity contribution < 1.29 is 8.83 Å². The summed E-state index contributed by atoms with van der Waals surface area (Å²) < 4.78 is 18.0. The van der Waals surface area contributed by atoms with Gasteiger partial charge in [-0.25, -0.2) is 4.98 Å². The fourth-order valence-corrected chi connectivity index (χ4v) is 10.9. The molecule has 0 spiro atoms. The Balaban J connectivity index is 1.06. The molecule has 7 heteroatoms. The van der Waals surface area contributed by atoms with Gasteiger partial charge in [-0.1, -0.05) is 182 Å². The van der Waals surface area contributed by atoms with E-state index in [4.69, 9.17) is 23.8 Å². The largest absolute Gasteiger partial charge is 0.456 e. The molecule has 0 atom stereocenters. The maximum Gasteiger partial charge on any atom is 0.238 e. The van der Waals surface area contributed by atoms with Crippen molar-refractivity contribution in [2.75, 3.05) is 0 Å². The maximum atomic E-state index is 6.87. The highest BCUT2D eigenvalue weighted by molar-refractivity contribution is 6.24. The van der Waals surface area contributed by atoms with E-state index in [1.54, 1.807) is 0 Å². The van der Waals surface area contributed by atoms with Gasteiger partial charge in [-0.2, -0.15) is 9.97 Å². The van der Waals surface area contributed by atoms with Crippen molar-refractivity contribution in [3.8, 4) is 56.7 Å². The average Bonchev–Trinajstić information content (AvgIpc) is 4.19. The molecule has 0 aliphatic heterocycles. The molecule has 15 rings (SSSR count). The molecule has 10 aromatic carbocycles. The second-order valence-electron chi connectivity index (χ2n) is 17.9. The molecule has 0 unspecified atom stereocenters. The Morgan fingerprint density at radius 2 is 0.829 bits per heavy atom. The second kappa shape index (κ2) is 15.0. The molecule has 0 saturated carbocycles. The predicted octanol–water partition coefficient (Wildman–Crippen LogP) is 16.5. The van der Waals surface area contributed by atoms with Crippen LogP contribution in [0.15, 0.2) is 233 Å². The fraction of sp³-hybridized carbons (Fsp3) is 0. The summed E-state index contributed by atoms with van der Waals surface area (Å²) in [4.78, 5) is 16.0. The Morgan fingerprint density at radius 1 is 0.314 bits per heavy atom. The van der Waals surface area contributed by atoms with Crippen LogP contribution in [0.4, 0.5) is 0 Å². The Kier molecular flexibility index (Phi) is 8.23. The lowest BCUT2D eigenvalue weighted by molar-refractivity contribution is 0.668. The molecule has 0 amide bonds. The van der Waals surface area contributed by atoms with E-state index in [1.807, 2.05) is 42.5 Å². The molecule has 7 nitrogen and oxygen atoms in total. The van der Waals surface area contributed by atoms with Gasteiger partial charge in [0.25, 0.3) is 0 Å². The van der Waals surface area contributed by atoms with Crippen molar-refractivity contribution in [2.45, 2.75) is 0 Å². The van der Waals surface area contributed by atoms with Gasteiger partial charge < -0.3 is 13.4 Å². The molecule has 0 N–H and O–H groups in total. The number of furan rings is 2. The third-order valence-corrected chi connectivity index (χ3v) is 14.0. The van der Waals surface area contributed by atoms with Crippen LogP contribution in [0.2, 0.25) is 0 Å². The zero-order chi connectivity index (χ0) is 45.9. The maximum absolute atomic E-state index is 6.87. The van der Waals surface area contributed by atoms with E-state index in [0.29, 0.717) is 17.6 Å². The van der Waals surface area contributed by atoms with E-state index in [1.165, 1.54) is 0 Å². The van der Waals surface area contributed by atoms with E-state index in [0.717, 1.165) is 127 Å². The minimum Gasteiger partial charge on any atom is -0.456 e. The summed E-state index contributed by atoms with van der Waals surface area (Å²) in [5.41, 5.74) is 14.5. The van der Waals surface area contributed by atoms with Crippen molar-refractivity contribution in [1.82, 2.24) is 24.1 Å². The molecule has 0 fully saturated rings. The monoisotopic (exact) mass is 895 g/mol. The summed E-state index contributed by atoms with van der Waals surface area (Å²) >= 11 is 0. The Morgan fingerprint density at radius 3 is 1.53 bits per heavy atom. The fourth-order valence-electron chi connectivity index (χ4n) is 10.9. The molecule has 326 valence electrons. The van der Waals surface area contributed by atoms with E-state index in [-0.39, 0.29) is 0 Å². The number of hydrogen-bond donors (Lipinski definition) is 0. The molecule has 5 heterocycles. The third kappa shape index (κ3) is 5.72. The number of fused-ring (bicyclic) bond motifs is 13. The van der Waals surface area contributed by atoms with Gasteiger partial charge in [-0.15, -0.1) is 0 Å². The van der Waals surface area contributed by atoms with Crippen molar-refractivity contribution in [3.05, 3.63) is 224 Å². The van der Waals surface area contributed by atoms with Gasteiger partial charge in [0.2, 0.25) is 5.95 Å². The minimum absolute atomic E-state index is 0.530. The number of hydrogen-bond acceptors (Lipinski definition) is 5. The first kappa shape index (κ1) is 38.5. The molecule has 5 aromatic heterocycles. The molecule has 0 saturated heterocycles. The zero-order valence-corrected chi connectivity index (χ0v) is 37.4. The third-order valence-electron chi connectivity index (χ3n) is 14.0. The van der Waals surface area contributed by atoms with Crippen LogP contribution in [0.5, 0.6) is 0 Å². The number of benzene rings is 10. The normalized spacial score (nSPS) is 12.0. The molecular weight excluding hydrogens is 859 g/mol. The van der Waals surface area contributed by atoms with Gasteiger partial charge >= 0.3 is 0 Å². The minimum atomic E-state index is 0.530. The lowest BCUT2D eigenvalue weighted by Gasteiger charge is -2.15. The lowest BCUT2D eigenvalue weighted by Crippen LogP contribution is -2.07. The van der Waals surface area contributed by atoms with Crippen LogP contribution in [-0.4, -0.2) is 24.1 Å². The topological polar surface area (TPSA) is 74.8 Å². The summed E-state index contributed by atoms with van der Waals surface area (Å²) in [5.74, 6) is 1.71. The van der Waals surface area contributed by atoms with Crippen LogP contribution in [0, 0.1) is 0 Å². The zero-order valence-electron chi connectivity index (χ0n) is 37.4. The van der Waals surface area contributed by atoms with Gasteiger partial charge in [0.05, 0.1) is 22.1 Å². The highest BCUT2D eigenvalue weighted by Gasteiger charge is 2.26. The predicted molar refractivity (Wildman–Crippen MR) is 285 cm³/mol. The lowest BCUT2D eigenvalue weighted by atomic mass is 9.96. The smallest absolute Gasteiger partial charge is 0.238 e. The molecule has 0 radical (unpaired) electrons. The number of nitrogens with zero attached hydrogens (tertiary/aromatic N) is 5. The van der Waals surface area contributed by atoms with Gasteiger partial charge in [-0.3, -0.25) is 4.57 Å². The SMILES string of the molecule is c1ccc(-c2ccc(-c3nc(-c4ccccc4)nc(-n4c5ccccc5c5ccc6c7ccccc7n(-c7cc(-c8cccc9oc%10ccccc%10c89)c8oc9ccccc9c8c7)c6c54)n3)cc2)cc1. The van der Waals surface area contributed by atoms with Crippen molar-refractivity contribution >= 4 is 87.5 Å². The van der Waals surface area contributed by atoms with Crippen LogP contribution in [0.1, 0.15) is 0 Å². The summed E-state index contributed by atoms with van der Waals surface area (Å²) in [6.45, 7) is 0. The Labute approximate surface area is 399 Å². The molecule has 15 aromatic rings. The van der Waals surface area contributed by atoms with Gasteiger partial charge in [0.1, 0.15) is 22.3 Å². The number of aromatic nitrogens is 5. The molecule has 0 bridgehead atoms. The van der Waals surface area contributed by atoms with Crippen LogP contribution >= 0.6 is 0 Å². The van der Waals surface area contributed by atoms with Crippen LogP contribution in [0.25, 0.3) is 144 Å². The van der Waals surface area contributed by atoms with Gasteiger partial charge in [-0.05, 0) is 59.2 Å². The van der Waals surface area contributed by atoms with Crippen molar-refractivity contribution in [3.63, 3.8) is 0 Å². The molecule has 0 aliphatic rings. The quantitative estimate of drug-likeness (QED) is 0.166. The first-order valence-electron chi connectivity index (χ1n) is 23.5. The average molecular weight is 896 g/mol. The van der Waals surface area contributed by atoms with E-state index >= 15 is 0 Å². The summed E-state index contributed by atoms with van der Waals surface area (Å²) in [7, 11) is 0. The number of rotatable bonds is 6. The first-order valence-corrected chi connectivity index (χ1v) is 23.5. The van der Waals surface area contributed by atoms with E-state index in [9.17, 15) is 0 Å². The van der Waals surface area contributed by atoms with Gasteiger partial charge in [0, 0.05) is 65.5 Å². The Bertz CT molecular complexity index is 4580. The summed E-state index contributed by atoms with van der Waals surface area (Å²) in [6.07, 6.45) is 0. The summed E-state index contributed by atoms with van der Waals surface area (Å²) in [6, 6.07) is 78.5. The number of para-hydroxylation sites is 4. The second-order valence-corrected chi connectivity index (χ2v) is 17.9. The van der Waals surface area contributed by atoms with E-state index in [2.05, 4.69) is 191 Å². The highest BCUT2D eigenvalue weighted by atomic mass is 16.3. The Hall–Kier alpha value is -9.59. The van der Waals surface area contributed by atoms with Crippen LogP contribution in [-0.2, 0) is 0 Å². The van der Waals surface area contributed by atoms with Crippen LogP contribution < -0.4 is 0 Å². The molecular formula is C63H37N5O2. The molecule has 0 aliphatic carbocycles. The van der Waals surface area contributed by atoms with Crippen molar-refractivity contribution in [2.24, 2.45) is 0 Å². The van der Waals surface area contributed by atoms with Crippen LogP contribution in [0.3, 0.4) is 0 Å². The van der Waals surface area contributed by atoms with E-state index < -0.39 is 0 Å². The van der Waals surface area contributed by atoms with Crippen molar-refractivity contribution in [1.29, 1.82) is 0 Å². The summed E-state index contributed by atoms with van der Waals surface area (Å²) in [5, 5.41) is 8.63. The standard InChI is InChI=1S/C63H37N5O2/c1-3-16-38(17-4-1)39-30-32-41(33-31-39)62-64-61(40-18-5-2-6-19-40)65-63(66-62)68-53-26-12-8-21-44(53)48-35-34-47-43-20-7-11-25-52(43)67(58(47)59(48)68)42-36-50-45-22-9-13-27-54(45)70-60(50)51(37-42)46-24-15-29-56-57(46)49-23-10-14-28-55(49)69-56/h1-37H. The highest BCUT2D eigenvalue weighted by Crippen LogP contribution is 2.46. The first-order chi connectivity index (χ1) is 34.7. The van der Waals surface area contributed by atoms with Gasteiger partial charge in [0.15, 0.2) is 11.6 Å².